The van der Waals surface area contributed by atoms with Crippen molar-refractivity contribution in [2.45, 2.75) is 105 Å². The van der Waals surface area contributed by atoms with E-state index >= 15 is 0 Å². The monoisotopic (exact) mass is 382 g/mol. The van der Waals surface area contributed by atoms with Crippen LogP contribution in [0, 0.1) is 18.8 Å². The van der Waals surface area contributed by atoms with Crippen molar-refractivity contribution in [3.63, 3.8) is 0 Å². The Labute approximate surface area is 176 Å². The van der Waals surface area contributed by atoms with Crippen molar-refractivity contribution >= 4 is 0 Å². The summed E-state index contributed by atoms with van der Waals surface area (Å²) in [6.07, 6.45) is 12.5. The normalized spacial score (nSPS) is 15.2. The van der Waals surface area contributed by atoms with E-state index in [1.54, 1.807) is 11.1 Å². The van der Waals surface area contributed by atoms with Crippen molar-refractivity contribution in [3.05, 3.63) is 59.2 Å². The van der Waals surface area contributed by atoms with Gasteiger partial charge in [0.05, 0.1) is 0 Å². The largest absolute Gasteiger partial charge is 0.0995 e. The van der Waals surface area contributed by atoms with E-state index in [1.807, 2.05) is 13.8 Å². The van der Waals surface area contributed by atoms with Crippen LogP contribution in [-0.4, -0.2) is 0 Å². The Morgan fingerprint density at radius 3 is 2.11 bits per heavy atom. The van der Waals surface area contributed by atoms with Crippen LogP contribution < -0.4 is 0 Å². The van der Waals surface area contributed by atoms with Crippen molar-refractivity contribution in [2.24, 2.45) is 11.8 Å². The molecule has 0 radical (unpaired) electrons. The predicted molar refractivity (Wildman–Crippen MR) is 128 cm³/mol. The summed E-state index contributed by atoms with van der Waals surface area (Å²) in [5.41, 5.74) is 7.16. The molecular weight excluding hydrogens is 336 g/mol. The number of benzene rings is 1. The summed E-state index contributed by atoms with van der Waals surface area (Å²) >= 11 is 0. The summed E-state index contributed by atoms with van der Waals surface area (Å²) < 4.78 is 0. The van der Waals surface area contributed by atoms with Gasteiger partial charge in [-0.05, 0) is 75.3 Å². The molecule has 1 aromatic carbocycles. The molecule has 0 aromatic heterocycles. The van der Waals surface area contributed by atoms with Crippen molar-refractivity contribution in [1.82, 2.24) is 0 Å². The zero-order valence-electron chi connectivity index (χ0n) is 19.7. The molecular formula is C28H46. The van der Waals surface area contributed by atoms with E-state index in [4.69, 9.17) is 0 Å². The molecule has 0 bridgehead atoms. The first-order chi connectivity index (χ1) is 13.3. The highest BCUT2D eigenvalue weighted by Crippen LogP contribution is 2.37. The molecule has 1 atom stereocenters. The highest BCUT2D eigenvalue weighted by atomic mass is 14.2. The van der Waals surface area contributed by atoms with Crippen LogP contribution in [0.4, 0.5) is 0 Å². The molecule has 0 heterocycles. The molecule has 1 aliphatic carbocycles. The van der Waals surface area contributed by atoms with Gasteiger partial charge in [0.25, 0.3) is 0 Å². The Bertz CT molecular complexity index is 586. The number of hydrogen-bond donors (Lipinski definition) is 0. The van der Waals surface area contributed by atoms with Crippen LogP contribution in [-0.2, 0) is 6.42 Å². The first kappa shape index (κ1) is 24.7. The Morgan fingerprint density at radius 1 is 1.04 bits per heavy atom. The molecule has 1 aliphatic rings. The average Bonchev–Trinajstić information content (AvgIpc) is 3.20. The number of hydrogen-bond acceptors (Lipinski definition) is 0. The number of aryl methyl sites for hydroxylation is 2. The lowest BCUT2D eigenvalue weighted by Gasteiger charge is -2.19. The standard InChI is InChI=1S/C20H32.C8H14/c1-4-8-17(5-2)12-14-19-13-11-16(3)15-20(19)18-9-6-7-10-18;1-6(2)8(5)7(3)4/h11,13,15,17-18H,4-10,12,14H2,1-3H3;8H,1,3H2,2,4-5H3. The third kappa shape index (κ3) is 8.38. The fraction of sp³-hybridized carbons (Fsp3) is 0.643. The highest BCUT2D eigenvalue weighted by Gasteiger charge is 2.20. The summed E-state index contributed by atoms with van der Waals surface area (Å²) in [5.74, 6) is 2.27. The van der Waals surface area contributed by atoms with Gasteiger partial charge in [0.15, 0.2) is 0 Å². The van der Waals surface area contributed by atoms with Crippen LogP contribution in [0.15, 0.2) is 42.5 Å². The molecule has 0 heteroatoms. The van der Waals surface area contributed by atoms with Crippen LogP contribution in [0.3, 0.4) is 0 Å². The fourth-order valence-electron chi connectivity index (χ4n) is 4.30. The van der Waals surface area contributed by atoms with Crippen LogP contribution >= 0.6 is 0 Å². The van der Waals surface area contributed by atoms with Crippen molar-refractivity contribution in [2.75, 3.05) is 0 Å². The zero-order valence-corrected chi connectivity index (χ0v) is 19.7. The molecule has 2 rings (SSSR count). The molecule has 0 spiro atoms. The van der Waals surface area contributed by atoms with Crippen molar-refractivity contribution in [3.8, 4) is 0 Å². The lowest BCUT2D eigenvalue weighted by molar-refractivity contribution is 0.431. The van der Waals surface area contributed by atoms with Crippen LogP contribution in [0.5, 0.6) is 0 Å². The van der Waals surface area contributed by atoms with E-state index in [-0.39, 0.29) is 0 Å². The molecule has 1 unspecified atom stereocenters. The first-order valence-electron chi connectivity index (χ1n) is 11.7. The minimum atomic E-state index is 0.481. The molecule has 0 amide bonds. The second-order valence-electron chi connectivity index (χ2n) is 9.20. The van der Waals surface area contributed by atoms with Gasteiger partial charge in [-0.15, -0.1) is 0 Å². The Hall–Kier alpha value is -1.30. The Kier molecular flexibility index (Phi) is 11.5. The van der Waals surface area contributed by atoms with Crippen molar-refractivity contribution in [1.29, 1.82) is 0 Å². The fourth-order valence-corrected chi connectivity index (χ4v) is 4.30. The van der Waals surface area contributed by atoms with E-state index in [2.05, 4.69) is 59.1 Å². The molecule has 1 saturated carbocycles. The maximum atomic E-state index is 3.82. The summed E-state index contributed by atoms with van der Waals surface area (Å²) in [7, 11) is 0. The first-order valence-corrected chi connectivity index (χ1v) is 11.7. The van der Waals surface area contributed by atoms with E-state index in [1.165, 1.54) is 74.5 Å². The smallest absolute Gasteiger partial charge is 0.00324 e. The molecule has 158 valence electrons. The summed E-state index contributed by atoms with van der Waals surface area (Å²) in [6.45, 7) is 20.7. The molecule has 1 fully saturated rings. The van der Waals surface area contributed by atoms with Crippen molar-refractivity contribution < 1.29 is 0 Å². The highest BCUT2D eigenvalue weighted by molar-refractivity contribution is 5.35. The summed E-state index contributed by atoms with van der Waals surface area (Å²) in [5, 5.41) is 0. The predicted octanol–water partition coefficient (Wildman–Crippen LogP) is 9.19. The maximum absolute atomic E-state index is 3.82. The molecule has 0 nitrogen and oxygen atoms in total. The van der Waals surface area contributed by atoms with Gasteiger partial charge in [-0.2, -0.15) is 0 Å². The van der Waals surface area contributed by atoms with Gasteiger partial charge in [-0.1, -0.05) is 101 Å². The third-order valence-corrected chi connectivity index (χ3v) is 6.67. The van der Waals surface area contributed by atoms with Gasteiger partial charge in [-0.25, -0.2) is 0 Å². The molecule has 0 saturated heterocycles. The second kappa shape index (κ2) is 13.0. The summed E-state index contributed by atoms with van der Waals surface area (Å²) in [6, 6.07) is 7.21. The van der Waals surface area contributed by atoms with E-state index in [0.29, 0.717) is 5.92 Å². The minimum absolute atomic E-state index is 0.481. The minimum Gasteiger partial charge on any atom is -0.0995 e. The second-order valence-corrected chi connectivity index (χ2v) is 9.20. The lowest BCUT2D eigenvalue weighted by atomic mass is 9.86. The van der Waals surface area contributed by atoms with E-state index in [0.717, 1.165) is 11.8 Å². The SMILES string of the molecule is C=C(C)C(C)C(=C)C.CCCC(CC)CCc1ccc(C)cc1C1CCCC1. The average molecular weight is 383 g/mol. The molecule has 0 aliphatic heterocycles. The third-order valence-electron chi connectivity index (χ3n) is 6.67. The van der Waals surface area contributed by atoms with Gasteiger partial charge >= 0.3 is 0 Å². The van der Waals surface area contributed by atoms with Gasteiger partial charge in [0, 0.05) is 0 Å². The molecule has 1 aromatic rings. The quantitative estimate of drug-likeness (QED) is 0.373. The maximum Gasteiger partial charge on any atom is -0.00324 e. The Morgan fingerprint density at radius 2 is 1.64 bits per heavy atom. The molecule has 28 heavy (non-hydrogen) atoms. The van der Waals surface area contributed by atoms with Crippen LogP contribution in [0.1, 0.15) is 109 Å². The number of allylic oxidation sites excluding steroid dienone is 2. The summed E-state index contributed by atoms with van der Waals surface area (Å²) in [4.78, 5) is 0. The number of rotatable bonds is 9. The zero-order chi connectivity index (χ0) is 21.1. The van der Waals surface area contributed by atoms with E-state index < -0.39 is 0 Å². The Balaban J connectivity index is 0.000000416. The van der Waals surface area contributed by atoms with Gasteiger partial charge in [0.2, 0.25) is 0 Å². The van der Waals surface area contributed by atoms with Crippen LogP contribution in [0.2, 0.25) is 0 Å². The topological polar surface area (TPSA) is 0 Å². The lowest BCUT2D eigenvalue weighted by Crippen LogP contribution is -2.05. The van der Waals surface area contributed by atoms with E-state index in [9.17, 15) is 0 Å². The molecule has 0 N–H and O–H groups in total. The van der Waals surface area contributed by atoms with Gasteiger partial charge in [-0.3, -0.25) is 0 Å². The van der Waals surface area contributed by atoms with Gasteiger partial charge in [0.1, 0.15) is 0 Å². The van der Waals surface area contributed by atoms with Gasteiger partial charge < -0.3 is 0 Å². The van der Waals surface area contributed by atoms with Crippen LogP contribution in [0.25, 0.3) is 0 Å².